The van der Waals surface area contributed by atoms with E-state index >= 15 is 0 Å². The zero-order valence-electron chi connectivity index (χ0n) is 10.5. The Labute approximate surface area is 112 Å². The largest absolute Gasteiger partial charge is 0.395 e. The van der Waals surface area contributed by atoms with Crippen molar-refractivity contribution in [3.63, 3.8) is 0 Å². The lowest BCUT2D eigenvalue weighted by Gasteiger charge is -2.19. The third kappa shape index (κ3) is 3.23. The summed E-state index contributed by atoms with van der Waals surface area (Å²) in [6, 6.07) is 0. The Morgan fingerprint density at radius 2 is 2.17 bits per heavy atom. The number of hydrogen-bond donors (Lipinski definition) is 1. The number of rotatable bonds is 7. The number of unbranched alkanes of at least 4 members (excludes halogenated alkanes) is 1. The van der Waals surface area contributed by atoms with Gasteiger partial charge in [0.05, 0.1) is 12.9 Å². The highest BCUT2D eigenvalue weighted by atomic mass is 35.5. The molecule has 0 aliphatic carbocycles. The molecule has 1 heterocycles. The average Bonchev–Trinajstić information content (AvgIpc) is 2.65. The lowest BCUT2D eigenvalue weighted by Crippen LogP contribution is -2.34. The highest BCUT2D eigenvalue weighted by molar-refractivity contribution is 7.89. The molecule has 0 radical (unpaired) electrons. The Kier molecular flexibility index (Phi) is 5.58. The van der Waals surface area contributed by atoms with Gasteiger partial charge in [-0.3, -0.25) is 0 Å². The van der Waals surface area contributed by atoms with Crippen molar-refractivity contribution in [2.45, 2.75) is 24.8 Å². The molecule has 8 heteroatoms. The van der Waals surface area contributed by atoms with Crippen LogP contribution in [0.5, 0.6) is 0 Å². The molecule has 0 aromatic carbocycles. The Balaban J connectivity index is 3.04. The van der Waals surface area contributed by atoms with Gasteiger partial charge in [0.1, 0.15) is 5.15 Å². The van der Waals surface area contributed by atoms with E-state index in [9.17, 15) is 8.42 Å². The molecular formula is C10H18ClN3O3S. The molecule has 1 aromatic rings. The van der Waals surface area contributed by atoms with Gasteiger partial charge in [0.15, 0.2) is 0 Å². The van der Waals surface area contributed by atoms with Gasteiger partial charge in [-0.2, -0.15) is 4.31 Å². The first-order chi connectivity index (χ1) is 8.45. The smallest absolute Gasteiger partial charge is 0.263 e. The van der Waals surface area contributed by atoms with Crippen molar-refractivity contribution in [1.82, 2.24) is 13.9 Å². The maximum atomic E-state index is 12.3. The molecule has 104 valence electrons. The predicted octanol–water partition coefficient (Wildman–Crippen LogP) is 0.857. The topological polar surface area (TPSA) is 75.4 Å². The van der Waals surface area contributed by atoms with Crippen LogP contribution >= 0.6 is 11.6 Å². The number of nitrogens with zero attached hydrogens (tertiary/aromatic N) is 3. The number of aliphatic hydroxyl groups is 1. The summed E-state index contributed by atoms with van der Waals surface area (Å²) in [7, 11) is -2.11. The molecule has 0 amide bonds. The maximum Gasteiger partial charge on any atom is 0.263 e. The molecule has 0 fully saturated rings. The van der Waals surface area contributed by atoms with Crippen LogP contribution in [-0.2, 0) is 17.1 Å². The van der Waals surface area contributed by atoms with Gasteiger partial charge in [-0.25, -0.2) is 13.4 Å². The molecule has 0 aliphatic heterocycles. The van der Waals surface area contributed by atoms with Crippen LogP contribution in [0.2, 0.25) is 5.15 Å². The van der Waals surface area contributed by atoms with Crippen molar-refractivity contribution in [2.75, 3.05) is 19.7 Å². The Morgan fingerprint density at radius 3 is 2.61 bits per heavy atom. The average molecular weight is 296 g/mol. The number of imidazole rings is 1. The number of aliphatic hydroxyl groups excluding tert-OH is 1. The molecule has 0 saturated heterocycles. The third-order valence-corrected chi connectivity index (χ3v) is 4.92. The zero-order chi connectivity index (χ0) is 13.8. The second kappa shape index (κ2) is 6.51. The molecule has 0 saturated carbocycles. The lowest BCUT2D eigenvalue weighted by atomic mass is 10.3. The minimum Gasteiger partial charge on any atom is -0.395 e. The molecule has 1 rings (SSSR count). The van der Waals surface area contributed by atoms with E-state index in [1.54, 1.807) is 7.05 Å². The van der Waals surface area contributed by atoms with Crippen LogP contribution in [0.25, 0.3) is 0 Å². The summed E-state index contributed by atoms with van der Waals surface area (Å²) in [6.45, 7) is 2.15. The van der Waals surface area contributed by atoms with Crippen molar-refractivity contribution in [2.24, 2.45) is 7.05 Å². The number of sulfonamides is 1. The Bertz CT molecular complexity index is 487. The molecule has 1 N–H and O–H groups in total. The van der Waals surface area contributed by atoms with Crippen molar-refractivity contribution >= 4 is 21.6 Å². The van der Waals surface area contributed by atoms with Crippen LogP contribution in [0.1, 0.15) is 19.8 Å². The summed E-state index contributed by atoms with van der Waals surface area (Å²) in [5, 5.41) is 8.88. The quantitative estimate of drug-likeness (QED) is 0.809. The fraction of sp³-hybridized carbons (Fsp3) is 0.700. The summed E-state index contributed by atoms with van der Waals surface area (Å²) in [5.41, 5.74) is 0. The fourth-order valence-electron chi connectivity index (χ4n) is 1.49. The summed E-state index contributed by atoms with van der Waals surface area (Å²) >= 11 is 5.90. The van der Waals surface area contributed by atoms with Crippen molar-refractivity contribution < 1.29 is 13.5 Å². The third-order valence-electron chi connectivity index (χ3n) is 2.53. The molecule has 0 aliphatic rings. The molecule has 18 heavy (non-hydrogen) atoms. The number of halogens is 1. The fourth-order valence-corrected chi connectivity index (χ4v) is 3.35. The van der Waals surface area contributed by atoms with Gasteiger partial charge < -0.3 is 9.67 Å². The molecule has 0 unspecified atom stereocenters. The van der Waals surface area contributed by atoms with E-state index < -0.39 is 10.0 Å². The number of hydrogen-bond acceptors (Lipinski definition) is 4. The van der Waals surface area contributed by atoms with Gasteiger partial charge in [0.2, 0.25) is 5.03 Å². The van der Waals surface area contributed by atoms with Gasteiger partial charge in [-0.1, -0.05) is 24.9 Å². The van der Waals surface area contributed by atoms with E-state index in [4.69, 9.17) is 16.7 Å². The van der Waals surface area contributed by atoms with Gasteiger partial charge in [-0.05, 0) is 6.42 Å². The Morgan fingerprint density at radius 1 is 1.50 bits per heavy atom. The van der Waals surface area contributed by atoms with Crippen LogP contribution in [0.15, 0.2) is 11.4 Å². The first kappa shape index (κ1) is 15.4. The highest BCUT2D eigenvalue weighted by Gasteiger charge is 2.29. The van der Waals surface area contributed by atoms with Crippen molar-refractivity contribution in [3.05, 3.63) is 11.5 Å². The molecule has 6 nitrogen and oxygen atoms in total. The zero-order valence-corrected chi connectivity index (χ0v) is 12.1. The van der Waals surface area contributed by atoms with Gasteiger partial charge in [0, 0.05) is 20.1 Å². The number of aryl methyl sites for hydroxylation is 1. The van der Waals surface area contributed by atoms with Crippen LogP contribution in [0, 0.1) is 0 Å². The van der Waals surface area contributed by atoms with Crippen LogP contribution in [0.3, 0.4) is 0 Å². The molecule has 1 aromatic heterocycles. The minimum atomic E-state index is -3.74. The van der Waals surface area contributed by atoms with E-state index in [1.807, 2.05) is 6.92 Å². The van der Waals surface area contributed by atoms with E-state index in [2.05, 4.69) is 4.98 Å². The van der Waals surface area contributed by atoms with Crippen LogP contribution in [-0.4, -0.2) is 47.1 Å². The first-order valence-electron chi connectivity index (χ1n) is 5.73. The van der Waals surface area contributed by atoms with Crippen LogP contribution < -0.4 is 0 Å². The highest BCUT2D eigenvalue weighted by Crippen LogP contribution is 2.22. The minimum absolute atomic E-state index is 0.0508. The van der Waals surface area contributed by atoms with Crippen molar-refractivity contribution in [1.29, 1.82) is 0 Å². The summed E-state index contributed by atoms with van der Waals surface area (Å²) in [5.74, 6) is 0. The second-order valence-electron chi connectivity index (χ2n) is 3.93. The maximum absolute atomic E-state index is 12.3. The molecule has 0 atom stereocenters. The molecule has 0 bridgehead atoms. The summed E-state index contributed by atoms with van der Waals surface area (Å²) in [6.07, 6.45) is 2.95. The van der Waals surface area contributed by atoms with E-state index in [0.717, 1.165) is 12.8 Å². The first-order valence-corrected chi connectivity index (χ1v) is 7.54. The summed E-state index contributed by atoms with van der Waals surface area (Å²) in [4.78, 5) is 3.82. The SMILES string of the molecule is CCCCN(CCO)S(=O)(=O)c1ncn(C)c1Cl. The second-order valence-corrected chi connectivity index (χ2v) is 6.14. The predicted molar refractivity (Wildman–Crippen MR) is 69.0 cm³/mol. The van der Waals surface area contributed by atoms with Crippen molar-refractivity contribution in [3.8, 4) is 0 Å². The monoisotopic (exact) mass is 295 g/mol. The van der Waals surface area contributed by atoms with Gasteiger partial charge in [-0.15, -0.1) is 0 Å². The Hall–Kier alpha value is -0.630. The van der Waals surface area contributed by atoms with E-state index in [0.29, 0.717) is 6.54 Å². The molecule has 0 spiro atoms. The van der Waals surface area contributed by atoms with E-state index in [-0.39, 0.29) is 23.3 Å². The summed E-state index contributed by atoms with van der Waals surface area (Å²) < 4.78 is 27.3. The lowest BCUT2D eigenvalue weighted by molar-refractivity contribution is 0.252. The number of aromatic nitrogens is 2. The normalized spacial score (nSPS) is 12.3. The van der Waals surface area contributed by atoms with Crippen LogP contribution in [0.4, 0.5) is 0 Å². The van der Waals surface area contributed by atoms with Gasteiger partial charge >= 0.3 is 0 Å². The molecular weight excluding hydrogens is 278 g/mol. The van der Waals surface area contributed by atoms with Gasteiger partial charge in [0.25, 0.3) is 10.0 Å². The van der Waals surface area contributed by atoms with E-state index in [1.165, 1.54) is 15.2 Å². The standard InChI is InChI=1S/C10H18ClN3O3S/c1-3-4-5-14(6-7-15)18(16,17)10-9(11)13(2)8-12-10/h8,15H,3-7H2,1-2H3.